The second-order valence-corrected chi connectivity index (χ2v) is 5.85. The van der Waals surface area contributed by atoms with Gasteiger partial charge in [0.2, 0.25) is 0 Å². The number of ether oxygens (including phenoxy) is 2. The second-order valence-electron chi connectivity index (χ2n) is 5.85. The molecule has 1 fully saturated rings. The average molecular weight is 357 g/mol. The first-order valence-electron chi connectivity index (χ1n) is 8.56. The predicted molar refractivity (Wildman–Crippen MR) is 100 cm³/mol. The van der Waals surface area contributed by atoms with Gasteiger partial charge in [0.15, 0.2) is 5.82 Å². The minimum absolute atomic E-state index is 0.0978. The molecule has 2 aromatic rings. The maximum Gasteiger partial charge on any atom is 0.320 e. The molecular formula is C18H23N5O3. The zero-order valence-corrected chi connectivity index (χ0v) is 14.8. The van der Waals surface area contributed by atoms with Crippen LogP contribution in [0.5, 0.6) is 6.01 Å². The number of hydrogen-bond acceptors (Lipinski definition) is 8. The fraction of sp³-hybridized carbons (Fsp3) is 0.389. The van der Waals surface area contributed by atoms with Gasteiger partial charge in [-0.1, -0.05) is 29.8 Å². The molecule has 1 aliphatic rings. The van der Waals surface area contributed by atoms with Gasteiger partial charge in [0.1, 0.15) is 12.4 Å². The Kier molecular flexibility index (Phi) is 6.34. The van der Waals surface area contributed by atoms with E-state index in [-0.39, 0.29) is 19.2 Å². The van der Waals surface area contributed by atoms with E-state index in [0.717, 1.165) is 24.5 Å². The van der Waals surface area contributed by atoms with Gasteiger partial charge in [0.25, 0.3) is 0 Å². The Morgan fingerprint density at radius 2 is 2.15 bits per heavy atom. The van der Waals surface area contributed by atoms with E-state index in [1.54, 1.807) is 6.21 Å². The molecule has 0 radical (unpaired) electrons. The molecule has 1 saturated heterocycles. The lowest BCUT2D eigenvalue weighted by atomic mass is 10.2. The van der Waals surface area contributed by atoms with Gasteiger partial charge in [-0.3, -0.25) is 5.43 Å². The van der Waals surface area contributed by atoms with Crippen LogP contribution in [0.25, 0.3) is 0 Å². The number of aryl methyl sites for hydroxylation is 1. The summed E-state index contributed by atoms with van der Waals surface area (Å²) in [6.07, 6.45) is 1.73. The summed E-state index contributed by atoms with van der Waals surface area (Å²) in [5.41, 5.74) is 5.10. The molecule has 0 bridgehead atoms. The van der Waals surface area contributed by atoms with Crippen LogP contribution < -0.4 is 15.1 Å². The minimum atomic E-state index is -0.0978. The number of hydrogen-bond donors (Lipinski definition) is 2. The van der Waals surface area contributed by atoms with E-state index >= 15 is 0 Å². The summed E-state index contributed by atoms with van der Waals surface area (Å²) < 4.78 is 10.8. The van der Waals surface area contributed by atoms with Crippen LogP contribution in [0.3, 0.4) is 0 Å². The third kappa shape index (κ3) is 5.14. The third-order valence-electron chi connectivity index (χ3n) is 3.78. The molecule has 8 heteroatoms. The van der Waals surface area contributed by atoms with Gasteiger partial charge in [0, 0.05) is 19.2 Å². The van der Waals surface area contributed by atoms with Gasteiger partial charge in [-0.2, -0.15) is 15.1 Å². The van der Waals surface area contributed by atoms with Crippen molar-refractivity contribution >= 4 is 17.9 Å². The molecule has 1 aromatic carbocycles. The molecule has 0 aliphatic carbocycles. The fourth-order valence-electron chi connectivity index (χ4n) is 2.55. The Labute approximate surface area is 152 Å². The molecule has 0 atom stereocenters. The molecule has 1 aromatic heterocycles. The minimum Gasteiger partial charge on any atom is -0.461 e. The lowest BCUT2D eigenvalue weighted by Gasteiger charge is -2.28. The molecule has 1 aliphatic heterocycles. The average Bonchev–Trinajstić information content (AvgIpc) is 2.67. The van der Waals surface area contributed by atoms with E-state index in [4.69, 9.17) is 14.6 Å². The first kappa shape index (κ1) is 18.1. The molecule has 26 heavy (non-hydrogen) atoms. The van der Waals surface area contributed by atoms with Crippen molar-refractivity contribution < 1.29 is 14.6 Å². The lowest BCUT2D eigenvalue weighted by Crippen LogP contribution is -2.36. The van der Waals surface area contributed by atoms with Crippen molar-refractivity contribution in [2.45, 2.75) is 6.92 Å². The maximum absolute atomic E-state index is 8.96. The molecule has 0 saturated carbocycles. The first-order chi connectivity index (χ1) is 12.7. The highest BCUT2D eigenvalue weighted by atomic mass is 16.5. The topological polar surface area (TPSA) is 92.1 Å². The fourth-order valence-corrected chi connectivity index (χ4v) is 2.55. The molecule has 2 N–H and O–H groups in total. The predicted octanol–water partition coefficient (Wildman–Crippen LogP) is 1.44. The van der Waals surface area contributed by atoms with Crippen molar-refractivity contribution in [1.82, 2.24) is 9.97 Å². The summed E-state index contributed by atoms with van der Waals surface area (Å²) in [5.74, 6) is 1.27. The van der Waals surface area contributed by atoms with Crippen LogP contribution in [0, 0.1) is 6.92 Å². The molecule has 138 valence electrons. The molecule has 2 heterocycles. The highest BCUT2D eigenvalue weighted by Crippen LogP contribution is 2.20. The quantitative estimate of drug-likeness (QED) is 0.572. The summed E-state index contributed by atoms with van der Waals surface area (Å²) >= 11 is 0. The van der Waals surface area contributed by atoms with E-state index in [1.165, 1.54) is 5.56 Å². The van der Waals surface area contributed by atoms with Gasteiger partial charge in [-0.25, -0.2) is 0 Å². The van der Waals surface area contributed by atoms with Gasteiger partial charge < -0.3 is 19.5 Å². The highest BCUT2D eigenvalue weighted by Gasteiger charge is 2.15. The van der Waals surface area contributed by atoms with Crippen LogP contribution in [-0.4, -0.2) is 60.8 Å². The van der Waals surface area contributed by atoms with Gasteiger partial charge in [-0.05, 0) is 12.5 Å². The van der Waals surface area contributed by atoms with Crippen LogP contribution in [0.15, 0.2) is 35.4 Å². The smallest absolute Gasteiger partial charge is 0.320 e. The summed E-state index contributed by atoms with van der Waals surface area (Å²) in [5, 5.41) is 13.2. The number of hydrazone groups is 1. The van der Waals surface area contributed by atoms with Crippen LogP contribution in [0.4, 0.5) is 11.6 Å². The number of rotatable bonds is 7. The van der Waals surface area contributed by atoms with E-state index in [1.807, 2.05) is 37.3 Å². The Morgan fingerprint density at radius 3 is 2.92 bits per heavy atom. The Balaban J connectivity index is 1.75. The number of nitrogens with zero attached hydrogens (tertiary/aromatic N) is 4. The Hall–Kier alpha value is -2.71. The Bertz CT molecular complexity index is 747. The monoisotopic (exact) mass is 357 g/mol. The second kappa shape index (κ2) is 9.12. The van der Waals surface area contributed by atoms with Gasteiger partial charge >= 0.3 is 6.01 Å². The number of aliphatic hydroxyl groups excluding tert-OH is 1. The first-order valence-corrected chi connectivity index (χ1v) is 8.56. The molecule has 8 nitrogen and oxygen atoms in total. The van der Waals surface area contributed by atoms with Crippen LogP contribution in [-0.2, 0) is 4.74 Å². The summed E-state index contributed by atoms with van der Waals surface area (Å²) in [6.45, 7) is 4.90. The van der Waals surface area contributed by atoms with E-state index in [0.29, 0.717) is 19.0 Å². The number of aromatic nitrogens is 2. The van der Waals surface area contributed by atoms with Crippen molar-refractivity contribution in [3.63, 3.8) is 0 Å². The number of aliphatic hydroxyl groups is 1. The largest absolute Gasteiger partial charge is 0.461 e. The molecule has 3 rings (SSSR count). The van der Waals surface area contributed by atoms with Crippen LogP contribution in [0.2, 0.25) is 0 Å². The Morgan fingerprint density at radius 1 is 1.31 bits per heavy atom. The number of benzene rings is 1. The van der Waals surface area contributed by atoms with Gasteiger partial charge in [-0.15, -0.1) is 0 Å². The molecular weight excluding hydrogens is 334 g/mol. The maximum atomic E-state index is 8.96. The number of anilines is 2. The van der Waals surface area contributed by atoms with E-state index < -0.39 is 0 Å². The number of morpholine rings is 1. The standard InChI is InChI=1S/C18H23N5O3/c1-14-3-2-4-15(11-14)13-19-22-16-12-17(23-5-8-25-9-6-23)21-18(20-16)26-10-7-24/h2-4,11-13,24H,5-10H2,1H3,(H,20,21,22). The normalized spacial score (nSPS) is 14.6. The van der Waals surface area contributed by atoms with Crippen molar-refractivity contribution in [3.05, 3.63) is 41.5 Å². The third-order valence-corrected chi connectivity index (χ3v) is 3.78. The van der Waals surface area contributed by atoms with Crippen LogP contribution in [0.1, 0.15) is 11.1 Å². The zero-order chi connectivity index (χ0) is 18.2. The van der Waals surface area contributed by atoms with Gasteiger partial charge in [0.05, 0.1) is 26.0 Å². The van der Waals surface area contributed by atoms with Crippen LogP contribution >= 0.6 is 0 Å². The van der Waals surface area contributed by atoms with Crippen molar-refractivity contribution in [2.24, 2.45) is 5.10 Å². The summed E-state index contributed by atoms with van der Waals surface area (Å²) in [6, 6.07) is 10.1. The zero-order valence-electron chi connectivity index (χ0n) is 14.8. The van der Waals surface area contributed by atoms with Crippen molar-refractivity contribution in [2.75, 3.05) is 49.8 Å². The number of nitrogens with one attached hydrogen (secondary N) is 1. The summed E-state index contributed by atoms with van der Waals surface area (Å²) in [4.78, 5) is 10.8. The molecule has 0 amide bonds. The van der Waals surface area contributed by atoms with Crippen molar-refractivity contribution in [1.29, 1.82) is 0 Å². The lowest BCUT2D eigenvalue weighted by molar-refractivity contribution is 0.122. The van der Waals surface area contributed by atoms with E-state index in [9.17, 15) is 0 Å². The molecule has 0 unspecified atom stereocenters. The summed E-state index contributed by atoms with van der Waals surface area (Å²) in [7, 11) is 0. The molecule has 0 spiro atoms. The van der Waals surface area contributed by atoms with Crippen molar-refractivity contribution in [3.8, 4) is 6.01 Å². The highest BCUT2D eigenvalue weighted by molar-refractivity contribution is 5.80. The van der Waals surface area contributed by atoms with E-state index in [2.05, 4.69) is 25.4 Å². The SMILES string of the molecule is Cc1cccc(C=NNc2cc(N3CCOCC3)nc(OCCO)n2)c1.